The molecule has 0 bridgehead atoms. The predicted molar refractivity (Wildman–Crippen MR) is 98.1 cm³/mol. The van der Waals surface area contributed by atoms with Crippen LogP contribution in [-0.4, -0.2) is 27.0 Å². The van der Waals surface area contributed by atoms with Crippen molar-refractivity contribution in [3.05, 3.63) is 75.7 Å². The standard InChI is InChI=1S/C18H14ClF2N5O2/c1-9-3-2-4-10(23-9)8-22-18(28)15-7-16(26-25-15)24-17(27)11-5-13(20)14(21)6-12(11)19/h2-7H,8H2,1H3,(H,22,28)(H2,24,25,26,27). The van der Waals surface area contributed by atoms with Crippen molar-refractivity contribution in [2.75, 3.05) is 5.32 Å². The van der Waals surface area contributed by atoms with Crippen molar-refractivity contribution in [3.8, 4) is 0 Å². The number of hydrogen-bond donors (Lipinski definition) is 3. The quantitative estimate of drug-likeness (QED) is 0.567. The summed E-state index contributed by atoms with van der Waals surface area (Å²) >= 11 is 5.77. The lowest BCUT2D eigenvalue weighted by molar-refractivity contribution is 0.0944. The van der Waals surface area contributed by atoms with Gasteiger partial charge in [0.25, 0.3) is 11.8 Å². The van der Waals surface area contributed by atoms with E-state index in [1.165, 1.54) is 6.07 Å². The van der Waals surface area contributed by atoms with E-state index >= 15 is 0 Å². The molecule has 0 aliphatic rings. The number of aryl methyl sites for hydroxylation is 1. The van der Waals surface area contributed by atoms with Gasteiger partial charge in [0.1, 0.15) is 5.82 Å². The lowest BCUT2D eigenvalue weighted by Crippen LogP contribution is -2.23. The third kappa shape index (κ3) is 4.49. The average molecular weight is 406 g/mol. The SMILES string of the molecule is Cc1cccc(CNC(=O)c2cc(NC(=O)c3cc(F)c(F)cc3Cl)[nH]n2)n1. The van der Waals surface area contributed by atoms with E-state index in [1.807, 2.05) is 19.1 Å². The number of anilines is 1. The molecule has 0 aliphatic carbocycles. The number of nitrogens with zero attached hydrogens (tertiary/aromatic N) is 2. The predicted octanol–water partition coefficient (Wildman–Crippen LogP) is 3.23. The molecule has 1 aromatic carbocycles. The topological polar surface area (TPSA) is 99.8 Å². The van der Waals surface area contributed by atoms with Gasteiger partial charge in [-0.1, -0.05) is 17.7 Å². The molecule has 0 unspecified atom stereocenters. The Bertz CT molecular complexity index is 1050. The second-order valence-electron chi connectivity index (χ2n) is 5.82. The van der Waals surface area contributed by atoms with Crippen LogP contribution in [0.15, 0.2) is 36.4 Å². The number of hydrogen-bond acceptors (Lipinski definition) is 4. The van der Waals surface area contributed by atoms with Gasteiger partial charge in [-0.25, -0.2) is 8.78 Å². The number of carbonyl (C=O) groups excluding carboxylic acids is 2. The summed E-state index contributed by atoms with van der Waals surface area (Å²) in [5.41, 5.74) is 1.28. The van der Waals surface area contributed by atoms with E-state index in [1.54, 1.807) is 6.07 Å². The number of aromatic amines is 1. The molecule has 2 heterocycles. The van der Waals surface area contributed by atoms with Gasteiger partial charge in [-0.3, -0.25) is 19.7 Å². The van der Waals surface area contributed by atoms with Crippen LogP contribution in [0.1, 0.15) is 32.2 Å². The zero-order chi connectivity index (χ0) is 20.3. The lowest BCUT2D eigenvalue weighted by atomic mass is 10.2. The minimum atomic E-state index is -1.20. The molecule has 0 saturated heterocycles. The molecule has 0 fully saturated rings. The first-order valence-corrected chi connectivity index (χ1v) is 8.43. The van der Waals surface area contributed by atoms with E-state index in [9.17, 15) is 18.4 Å². The Labute approximate surface area is 163 Å². The minimum absolute atomic E-state index is 0.0272. The summed E-state index contributed by atoms with van der Waals surface area (Å²) in [7, 11) is 0. The van der Waals surface area contributed by atoms with Crippen molar-refractivity contribution in [3.63, 3.8) is 0 Å². The molecular formula is C18H14ClF2N5O2. The molecule has 2 amide bonds. The second-order valence-corrected chi connectivity index (χ2v) is 6.23. The van der Waals surface area contributed by atoms with Gasteiger partial charge >= 0.3 is 0 Å². The third-order valence-corrected chi connectivity index (χ3v) is 4.00. The number of rotatable bonds is 5. The molecule has 0 atom stereocenters. The van der Waals surface area contributed by atoms with Crippen molar-refractivity contribution in [1.82, 2.24) is 20.5 Å². The van der Waals surface area contributed by atoms with Crippen LogP contribution in [0.4, 0.5) is 14.6 Å². The van der Waals surface area contributed by atoms with Gasteiger partial charge in [0.05, 0.1) is 22.8 Å². The fraction of sp³-hybridized carbons (Fsp3) is 0.111. The van der Waals surface area contributed by atoms with Gasteiger partial charge in [-0.05, 0) is 31.2 Å². The summed E-state index contributed by atoms with van der Waals surface area (Å²) < 4.78 is 26.4. The Hall–Kier alpha value is -3.33. The monoisotopic (exact) mass is 405 g/mol. The van der Waals surface area contributed by atoms with Crippen LogP contribution in [0.5, 0.6) is 0 Å². The maximum absolute atomic E-state index is 13.3. The van der Waals surface area contributed by atoms with Crippen LogP contribution in [0.2, 0.25) is 5.02 Å². The molecule has 3 aromatic rings. The molecule has 28 heavy (non-hydrogen) atoms. The van der Waals surface area contributed by atoms with Gasteiger partial charge < -0.3 is 10.6 Å². The van der Waals surface area contributed by atoms with E-state index in [-0.39, 0.29) is 28.6 Å². The van der Waals surface area contributed by atoms with E-state index in [0.717, 1.165) is 5.69 Å². The van der Waals surface area contributed by atoms with Gasteiger partial charge in [0.2, 0.25) is 0 Å². The zero-order valence-electron chi connectivity index (χ0n) is 14.5. The normalized spacial score (nSPS) is 10.6. The number of H-pyrrole nitrogens is 1. The summed E-state index contributed by atoms with van der Waals surface area (Å²) in [6, 6.07) is 8.13. The Balaban J connectivity index is 1.64. The maximum Gasteiger partial charge on any atom is 0.272 e. The van der Waals surface area contributed by atoms with Gasteiger partial charge in [-0.2, -0.15) is 5.10 Å². The highest BCUT2D eigenvalue weighted by Gasteiger charge is 2.17. The fourth-order valence-corrected chi connectivity index (χ4v) is 2.58. The summed E-state index contributed by atoms with van der Waals surface area (Å²) in [6.07, 6.45) is 0. The minimum Gasteiger partial charge on any atom is -0.345 e. The highest BCUT2D eigenvalue weighted by molar-refractivity contribution is 6.34. The second kappa shape index (κ2) is 8.13. The maximum atomic E-state index is 13.3. The molecule has 3 N–H and O–H groups in total. The first-order chi connectivity index (χ1) is 13.3. The molecule has 7 nitrogen and oxygen atoms in total. The molecule has 0 aliphatic heterocycles. The van der Waals surface area contributed by atoms with Crippen molar-refractivity contribution in [2.45, 2.75) is 13.5 Å². The van der Waals surface area contributed by atoms with E-state index in [4.69, 9.17) is 11.6 Å². The van der Waals surface area contributed by atoms with Crippen molar-refractivity contribution >= 4 is 29.2 Å². The van der Waals surface area contributed by atoms with E-state index in [2.05, 4.69) is 25.8 Å². The molecule has 0 spiro atoms. The van der Waals surface area contributed by atoms with E-state index < -0.39 is 23.4 Å². The molecule has 0 saturated carbocycles. The summed E-state index contributed by atoms with van der Waals surface area (Å²) in [5.74, 6) is -3.55. The molecule has 2 aromatic heterocycles. The first kappa shape index (κ1) is 19.4. The molecule has 144 valence electrons. The number of nitrogens with one attached hydrogen (secondary N) is 3. The molecule has 0 radical (unpaired) electrons. The van der Waals surface area contributed by atoms with Crippen molar-refractivity contribution < 1.29 is 18.4 Å². The zero-order valence-corrected chi connectivity index (χ0v) is 15.3. The van der Waals surface area contributed by atoms with Crippen LogP contribution < -0.4 is 10.6 Å². The van der Waals surface area contributed by atoms with Gasteiger partial charge in [-0.15, -0.1) is 0 Å². The summed E-state index contributed by atoms with van der Waals surface area (Å²) in [5, 5.41) is 11.1. The lowest BCUT2D eigenvalue weighted by Gasteiger charge is -2.05. The Morgan fingerprint density at radius 1 is 1.14 bits per heavy atom. The largest absolute Gasteiger partial charge is 0.345 e. The Morgan fingerprint density at radius 3 is 2.64 bits per heavy atom. The Morgan fingerprint density at radius 2 is 1.89 bits per heavy atom. The Kier molecular flexibility index (Phi) is 5.65. The number of pyridine rings is 1. The highest BCUT2D eigenvalue weighted by Crippen LogP contribution is 2.21. The van der Waals surface area contributed by atoms with Crippen LogP contribution >= 0.6 is 11.6 Å². The number of benzene rings is 1. The van der Waals surface area contributed by atoms with Gasteiger partial charge in [0.15, 0.2) is 17.3 Å². The smallest absolute Gasteiger partial charge is 0.272 e. The van der Waals surface area contributed by atoms with E-state index in [0.29, 0.717) is 17.8 Å². The van der Waals surface area contributed by atoms with Crippen LogP contribution in [-0.2, 0) is 6.54 Å². The summed E-state index contributed by atoms with van der Waals surface area (Å²) in [6.45, 7) is 2.05. The number of aromatic nitrogens is 3. The summed E-state index contributed by atoms with van der Waals surface area (Å²) in [4.78, 5) is 28.6. The fourth-order valence-electron chi connectivity index (χ4n) is 2.35. The molecule has 3 rings (SSSR count). The van der Waals surface area contributed by atoms with Crippen molar-refractivity contribution in [1.29, 1.82) is 0 Å². The van der Waals surface area contributed by atoms with Crippen LogP contribution in [0.3, 0.4) is 0 Å². The first-order valence-electron chi connectivity index (χ1n) is 8.05. The van der Waals surface area contributed by atoms with Crippen LogP contribution in [0, 0.1) is 18.6 Å². The van der Waals surface area contributed by atoms with Crippen LogP contribution in [0.25, 0.3) is 0 Å². The number of amides is 2. The molecular weight excluding hydrogens is 392 g/mol. The average Bonchev–Trinajstić information content (AvgIpc) is 3.11. The number of halogens is 3. The third-order valence-electron chi connectivity index (χ3n) is 3.69. The number of carbonyl (C=O) groups is 2. The molecule has 10 heteroatoms. The van der Waals surface area contributed by atoms with Gasteiger partial charge in [0, 0.05) is 11.8 Å². The highest BCUT2D eigenvalue weighted by atomic mass is 35.5. The van der Waals surface area contributed by atoms with Crippen molar-refractivity contribution in [2.24, 2.45) is 0 Å².